The highest BCUT2D eigenvalue weighted by Crippen LogP contribution is 2.44. The van der Waals surface area contributed by atoms with Crippen molar-refractivity contribution in [3.8, 4) is 0 Å². The predicted molar refractivity (Wildman–Crippen MR) is 105 cm³/mol. The van der Waals surface area contributed by atoms with Crippen molar-refractivity contribution >= 4 is 10.1 Å². The van der Waals surface area contributed by atoms with Crippen molar-refractivity contribution in [3.63, 3.8) is 0 Å². The van der Waals surface area contributed by atoms with E-state index in [0.29, 0.717) is 0 Å². The number of hydrogen-bond donors (Lipinski definition) is 0. The molecular formula is C22H22O3S. The lowest BCUT2D eigenvalue weighted by molar-refractivity contribution is 0.164. The zero-order valence-electron chi connectivity index (χ0n) is 15.1. The minimum atomic E-state index is -3.76. The average molecular weight is 366 g/mol. The molecule has 0 aliphatic heterocycles. The molecule has 0 heterocycles. The van der Waals surface area contributed by atoms with E-state index < -0.39 is 15.7 Å². The highest BCUT2D eigenvalue weighted by molar-refractivity contribution is 7.86. The second-order valence-corrected chi connectivity index (χ2v) is 8.04. The number of benzene rings is 3. The fourth-order valence-electron chi connectivity index (χ4n) is 3.43. The molecular weight excluding hydrogens is 344 g/mol. The minimum absolute atomic E-state index is 0.772. The fourth-order valence-corrected chi connectivity index (χ4v) is 4.16. The molecule has 0 aromatic heterocycles. The van der Waals surface area contributed by atoms with E-state index in [9.17, 15) is 8.42 Å². The second kappa shape index (κ2) is 7.06. The largest absolute Gasteiger partial charge is 0.265 e. The molecule has 3 rings (SSSR count). The van der Waals surface area contributed by atoms with Crippen LogP contribution in [0.1, 0.15) is 27.8 Å². The maximum absolute atomic E-state index is 12.4. The van der Waals surface area contributed by atoms with Gasteiger partial charge in [0, 0.05) is 0 Å². The van der Waals surface area contributed by atoms with Crippen molar-refractivity contribution in [1.29, 1.82) is 0 Å². The van der Waals surface area contributed by atoms with E-state index in [1.807, 2.05) is 92.7 Å². The predicted octanol–water partition coefficient (Wildman–Crippen LogP) is 4.57. The molecule has 0 unspecified atom stereocenters. The molecule has 0 fully saturated rings. The summed E-state index contributed by atoms with van der Waals surface area (Å²) in [5, 5.41) is 0. The van der Waals surface area contributed by atoms with Gasteiger partial charge < -0.3 is 0 Å². The second-order valence-electron chi connectivity index (χ2n) is 6.46. The number of hydrogen-bond acceptors (Lipinski definition) is 3. The van der Waals surface area contributed by atoms with Crippen LogP contribution in [0.15, 0.2) is 78.9 Å². The Kier molecular flexibility index (Phi) is 4.99. The van der Waals surface area contributed by atoms with E-state index in [1.165, 1.54) is 0 Å². The monoisotopic (exact) mass is 366 g/mol. The van der Waals surface area contributed by atoms with Gasteiger partial charge in [0.15, 0.2) is 5.60 Å². The zero-order valence-corrected chi connectivity index (χ0v) is 16.0. The third-order valence-corrected chi connectivity index (χ3v) is 5.06. The molecule has 0 bridgehead atoms. The van der Waals surface area contributed by atoms with E-state index in [1.54, 1.807) is 0 Å². The number of aryl methyl sites for hydroxylation is 2. The summed E-state index contributed by atoms with van der Waals surface area (Å²) in [5.41, 5.74) is 3.07. The summed E-state index contributed by atoms with van der Waals surface area (Å²) in [4.78, 5) is 0. The van der Waals surface area contributed by atoms with Crippen molar-refractivity contribution in [2.24, 2.45) is 0 Å². The Morgan fingerprint density at radius 2 is 1.12 bits per heavy atom. The van der Waals surface area contributed by atoms with Gasteiger partial charge in [-0.05, 0) is 41.7 Å². The van der Waals surface area contributed by atoms with Crippen LogP contribution in [0.5, 0.6) is 0 Å². The molecule has 134 valence electrons. The summed E-state index contributed by atoms with van der Waals surface area (Å²) in [6.45, 7) is 3.94. The van der Waals surface area contributed by atoms with Crippen molar-refractivity contribution in [1.82, 2.24) is 0 Å². The third kappa shape index (κ3) is 3.43. The normalized spacial score (nSPS) is 12.1. The highest BCUT2D eigenvalue weighted by atomic mass is 32.2. The Morgan fingerprint density at radius 1 is 0.692 bits per heavy atom. The molecule has 0 N–H and O–H groups in total. The Hall–Kier alpha value is -2.43. The Balaban J connectivity index is 2.47. The van der Waals surface area contributed by atoms with Crippen LogP contribution in [-0.2, 0) is 19.9 Å². The SMILES string of the molecule is Cc1ccccc1C(OS(C)(=O)=O)(c1ccccc1)c1ccccc1C. The van der Waals surface area contributed by atoms with Crippen LogP contribution in [0.4, 0.5) is 0 Å². The van der Waals surface area contributed by atoms with E-state index in [2.05, 4.69) is 0 Å². The third-order valence-electron chi connectivity index (χ3n) is 4.51. The van der Waals surface area contributed by atoms with Crippen LogP contribution in [0.3, 0.4) is 0 Å². The lowest BCUT2D eigenvalue weighted by Gasteiger charge is -2.36. The van der Waals surface area contributed by atoms with Gasteiger partial charge in [-0.1, -0.05) is 78.9 Å². The molecule has 0 radical (unpaired) electrons. The lowest BCUT2D eigenvalue weighted by Crippen LogP contribution is -2.36. The van der Waals surface area contributed by atoms with Crippen LogP contribution in [0.2, 0.25) is 0 Å². The molecule has 0 amide bonds. The van der Waals surface area contributed by atoms with Crippen molar-refractivity contribution in [3.05, 3.63) is 107 Å². The molecule has 0 saturated carbocycles. The van der Waals surface area contributed by atoms with Gasteiger partial charge in [-0.2, -0.15) is 8.42 Å². The lowest BCUT2D eigenvalue weighted by atomic mass is 9.77. The van der Waals surface area contributed by atoms with Gasteiger partial charge in [-0.25, -0.2) is 4.18 Å². The molecule has 4 heteroatoms. The van der Waals surface area contributed by atoms with Crippen LogP contribution in [-0.4, -0.2) is 14.7 Å². The quantitative estimate of drug-likeness (QED) is 0.491. The van der Waals surface area contributed by atoms with Gasteiger partial charge in [-0.3, -0.25) is 0 Å². The first-order valence-corrected chi connectivity index (χ1v) is 10.2. The Morgan fingerprint density at radius 3 is 1.54 bits per heavy atom. The zero-order chi connectivity index (χ0) is 18.8. The molecule has 3 nitrogen and oxygen atoms in total. The molecule has 0 aliphatic rings. The fraction of sp³-hybridized carbons (Fsp3) is 0.182. The summed E-state index contributed by atoms with van der Waals surface area (Å²) in [5.74, 6) is 0. The van der Waals surface area contributed by atoms with Gasteiger partial charge >= 0.3 is 0 Å². The van der Waals surface area contributed by atoms with Crippen LogP contribution < -0.4 is 0 Å². The molecule has 0 saturated heterocycles. The molecule has 3 aromatic rings. The maximum atomic E-state index is 12.4. The number of rotatable bonds is 5. The standard InChI is InChI=1S/C22H22O3S/c1-17-11-7-9-15-20(17)22(25-26(3,23)24,19-13-5-4-6-14-19)21-16-10-8-12-18(21)2/h4-16H,1-3H3. The first-order chi connectivity index (χ1) is 12.3. The van der Waals surface area contributed by atoms with E-state index in [4.69, 9.17) is 4.18 Å². The van der Waals surface area contributed by atoms with Gasteiger partial charge in [0.2, 0.25) is 0 Å². The van der Waals surface area contributed by atoms with Crippen molar-refractivity contribution < 1.29 is 12.6 Å². The van der Waals surface area contributed by atoms with Crippen LogP contribution in [0.25, 0.3) is 0 Å². The van der Waals surface area contributed by atoms with E-state index in [-0.39, 0.29) is 0 Å². The first-order valence-electron chi connectivity index (χ1n) is 8.43. The average Bonchev–Trinajstić information content (AvgIpc) is 2.61. The maximum Gasteiger partial charge on any atom is 0.265 e. The van der Waals surface area contributed by atoms with Crippen molar-refractivity contribution in [2.75, 3.05) is 6.26 Å². The minimum Gasteiger partial charge on any atom is -0.249 e. The van der Waals surface area contributed by atoms with Gasteiger partial charge in [-0.15, -0.1) is 0 Å². The van der Waals surface area contributed by atoms with Crippen molar-refractivity contribution in [2.45, 2.75) is 19.4 Å². The summed E-state index contributed by atoms with van der Waals surface area (Å²) < 4.78 is 30.7. The Labute approximate surface area is 155 Å². The highest BCUT2D eigenvalue weighted by Gasteiger charge is 2.42. The molecule has 0 aliphatic carbocycles. The van der Waals surface area contributed by atoms with Crippen LogP contribution in [0, 0.1) is 13.8 Å². The van der Waals surface area contributed by atoms with Crippen LogP contribution >= 0.6 is 0 Å². The smallest absolute Gasteiger partial charge is 0.249 e. The molecule has 0 atom stereocenters. The van der Waals surface area contributed by atoms with Gasteiger partial charge in [0.25, 0.3) is 10.1 Å². The van der Waals surface area contributed by atoms with E-state index in [0.717, 1.165) is 34.1 Å². The molecule has 0 spiro atoms. The Bertz CT molecular complexity index is 963. The summed E-state index contributed by atoms with van der Waals surface area (Å²) in [7, 11) is -3.76. The molecule has 26 heavy (non-hydrogen) atoms. The summed E-state index contributed by atoms with van der Waals surface area (Å²) in [6, 6.07) is 25.0. The summed E-state index contributed by atoms with van der Waals surface area (Å²) >= 11 is 0. The summed E-state index contributed by atoms with van der Waals surface area (Å²) in [6.07, 6.45) is 1.10. The molecule has 3 aromatic carbocycles. The van der Waals surface area contributed by atoms with Gasteiger partial charge in [0.1, 0.15) is 0 Å². The van der Waals surface area contributed by atoms with Gasteiger partial charge in [0.05, 0.1) is 6.26 Å². The first kappa shape index (κ1) is 18.4. The topological polar surface area (TPSA) is 43.4 Å². The van der Waals surface area contributed by atoms with E-state index >= 15 is 0 Å².